The second-order valence-corrected chi connectivity index (χ2v) is 4.29. The molecule has 1 aromatic heterocycles. The number of ether oxygens (including phenoxy) is 1. The number of hydrogen-bond acceptors (Lipinski definition) is 4. The molecule has 23 heavy (non-hydrogen) atoms. The molecule has 1 heterocycles. The summed E-state index contributed by atoms with van der Waals surface area (Å²) in [5.41, 5.74) is -1.09. The van der Waals surface area contributed by atoms with Crippen LogP contribution in [-0.2, 0) is 12.7 Å². The van der Waals surface area contributed by atoms with Gasteiger partial charge in [-0.1, -0.05) is 18.2 Å². The Bertz CT molecular complexity index is 671. The summed E-state index contributed by atoms with van der Waals surface area (Å²) in [6.45, 7) is -0.341. The number of aromatic nitrogens is 2. The fourth-order valence-electron chi connectivity index (χ4n) is 1.73. The summed E-state index contributed by atoms with van der Waals surface area (Å²) >= 11 is 0. The summed E-state index contributed by atoms with van der Waals surface area (Å²) in [6.07, 6.45) is -8.11. The topological polar surface area (TPSA) is 47.0 Å². The average Bonchev–Trinajstić information content (AvgIpc) is 2.44. The Kier molecular flexibility index (Phi) is 4.62. The van der Waals surface area contributed by atoms with Crippen LogP contribution in [0, 0.1) is 0 Å². The van der Waals surface area contributed by atoms with E-state index in [1.807, 2.05) is 0 Å². The van der Waals surface area contributed by atoms with Crippen LogP contribution >= 0.6 is 0 Å². The van der Waals surface area contributed by atoms with Crippen molar-refractivity contribution in [1.29, 1.82) is 0 Å². The van der Waals surface area contributed by atoms with Crippen molar-refractivity contribution in [3.05, 3.63) is 47.9 Å². The summed E-state index contributed by atoms with van der Waals surface area (Å²) in [7, 11) is 0. The van der Waals surface area contributed by atoms with Gasteiger partial charge in [-0.05, 0) is 6.07 Å². The van der Waals surface area contributed by atoms with Crippen LogP contribution in [0.5, 0.6) is 5.75 Å². The Morgan fingerprint density at radius 1 is 1.04 bits per heavy atom. The van der Waals surface area contributed by atoms with Crippen LogP contribution < -0.4 is 10.1 Å². The molecule has 0 aliphatic rings. The SMILES string of the molecule is FC(F)(F)Oc1ccccc1CNc1ncncc1C(F)(F)F. The zero-order chi connectivity index (χ0) is 17.1. The molecule has 0 aliphatic carbocycles. The molecule has 0 bridgehead atoms. The fourth-order valence-corrected chi connectivity index (χ4v) is 1.73. The standard InChI is InChI=1S/C13H9F6N3O/c14-12(15,16)9-6-20-7-22-11(9)21-5-8-3-1-2-4-10(8)23-13(17,18)19/h1-4,6-7H,5H2,(H,20,21,22). The third-order valence-electron chi connectivity index (χ3n) is 2.66. The molecular formula is C13H9F6N3O. The molecule has 0 saturated heterocycles. The lowest BCUT2D eigenvalue weighted by Gasteiger charge is -2.15. The molecule has 2 aromatic rings. The first-order valence-electron chi connectivity index (χ1n) is 6.11. The highest BCUT2D eigenvalue weighted by molar-refractivity contribution is 5.46. The molecule has 2 rings (SSSR count). The van der Waals surface area contributed by atoms with E-state index >= 15 is 0 Å². The van der Waals surface area contributed by atoms with E-state index in [-0.39, 0.29) is 12.1 Å². The quantitative estimate of drug-likeness (QED) is 0.857. The van der Waals surface area contributed by atoms with Crippen molar-refractivity contribution in [2.75, 3.05) is 5.32 Å². The minimum Gasteiger partial charge on any atom is -0.405 e. The van der Waals surface area contributed by atoms with E-state index in [9.17, 15) is 26.3 Å². The molecule has 0 amide bonds. The number of halogens is 6. The number of nitrogens with zero attached hydrogens (tertiary/aromatic N) is 2. The first-order chi connectivity index (χ1) is 10.7. The predicted octanol–water partition coefficient (Wildman–Crippen LogP) is 4.01. The average molecular weight is 337 g/mol. The number of nitrogens with one attached hydrogen (secondary N) is 1. The second-order valence-electron chi connectivity index (χ2n) is 4.29. The van der Waals surface area contributed by atoms with Crippen LogP contribution in [0.25, 0.3) is 0 Å². The first-order valence-corrected chi connectivity index (χ1v) is 6.11. The Morgan fingerprint density at radius 3 is 2.39 bits per heavy atom. The molecule has 0 radical (unpaired) electrons. The van der Waals surface area contributed by atoms with Gasteiger partial charge in [0.1, 0.15) is 23.5 Å². The largest absolute Gasteiger partial charge is 0.573 e. The zero-order valence-electron chi connectivity index (χ0n) is 11.2. The molecule has 0 atom stereocenters. The van der Waals surface area contributed by atoms with Gasteiger partial charge in [0.25, 0.3) is 0 Å². The Morgan fingerprint density at radius 2 is 1.74 bits per heavy atom. The van der Waals surface area contributed by atoms with E-state index in [0.717, 1.165) is 12.4 Å². The van der Waals surface area contributed by atoms with Crippen molar-refractivity contribution in [2.45, 2.75) is 19.1 Å². The molecule has 0 saturated carbocycles. The highest BCUT2D eigenvalue weighted by Crippen LogP contribution is 2.33. The lowest BCUT2D eigenvalue weighted by Crippen LogP contribution is -2.19. The molecule has 1 aromatic carbocycles. The maximum absolute atomic E-state index is 12.8. The molecule has 0 spiro atoms. The molecule has 10 heteroatoms. The zero-order valence-corrected chi connectivity index (χ0v) is 11.2. The smallest absolute Gasteiger partial charge is 0.405 e. The molecule has 0 fully saturated rings. The van der Waals surface area contributed by atoms with E-state index < -0.39 is 29.7 Å². The minimum atomic E-state index is -4.90. The van der Waals surface area contributed by atoms with E-state index in [4.69, 9.17) is 0 Å². The van der Waals surface area contributed by atoms with Gasteiger partial charge in [0.15, 0.2) is 0 Å². The maximum atomic E-state index is 12.8. The van der Waals surface area contributed by atoms with E-state index in [0.29, 0.717) is 6.20 Å². The van der Waals surface area contributed by atoms with E-state index in [1.165, 1.54) is 18.2 Å². The molecule has 0 unspecified atom stereocenters. The molecular weight excluding hydrogens is 328 g/mol. The number of anilines is 1. The lowest BCUT2D eigenvalue weighted by molar-refractivity contribution is -0.274. The minimum absolute atomic E-state index is 0.0246. The molecule has 1 N–H and O–H groups in total. The van der Waals surface area contributed by atoms with Gasteiger partial charge in [-0.25, -0.2) is 9.97 Å². The van der Waals surface area contributed by atoms with E-state index in [2.05, 4.69) is 20.0 Å². The molecule has 0 aliphatic heterocycles. The maximum Gasteiger partial charge on any atom is 0.573 e. The normalized spacial score (nSPS) is 12.1. The van der Waals surface area contributed by atoms with Gasteiger partial charge in [-0.15, -0.1) is 13.2 Å². The van der Waals surface area contributed by atoms with Gasteiger partial charge in [-0.3, -0.25) is 0 Å². The molecule has 124 valence electrons. The lowest BCUT2D eigenvalue weighted by atomic mass is 10.2. The van der Waals surface area contributed by atoms with Crippen molar-refractivity contribution in [1.82, 2.24) is 9.97 Å². The number of hydrogen-bond donors (Lipinski definition) is 1. The van der Waals surface area contributed by atoms with Crippen molar-refractivity contribution in [3.8, 4) is 5.75 Å². The highest BCUT2D eigenvalue weighted by Gasteiger charge is 2.35. The van der Waals surface area contributed by atoms with Crippen LogP contribution in [0.1, 0.15) is 11.1 Å². The number of benzene rings is 1. The highest BCUT2D eigenvalue weighted by atomic mass is 19.4. The summed E-state index contributed by atoms with van der Waals surface area (Å²) in [5.74, 6) is -1.04. The van der Waals surface area contributed by atoms with Crippen LogP contribution in [-0.4, -0.2) is 16.3 Å². The van der Waals surface area contributed by atoms with Crippen LogP contribution in [0.15, 0.2) is 36.8 Å². The summed E-state index contributed by atoms with van der Waals surface area (Å²) in [4.78, 5) is 6.75. The Balaban J connectivity index is 2.20. The summed E-state index contributed by atoms with van der Waals surface area (Å²) in [5, 5.41) is 2.34. The van der Waals surface area contributed by atoms with Crippen molar-refractivity contribution < 1.29 is 31.1 Å². The summed E-state index contributed by atoms with van der Waals surface area (Å²) in [6, 6.07) is 5.11. The van der Waals surface area contributed by atoms with Crippen molar-refractivity contribution in [2.24, 2.45) is 0 Å². The molecule has 4 nitrogen and oxygen atoms in total. The second kappa shape index (κ2) is 6.31. The summed E-state index contributed by atoms with van der Waals surface area (Å²) < 4.78 is 79.0. The van der Waals surface area contributed by atoms with Crippen molar-refractivity contribution >= 4 is 5.82 Å². The van der Waals surface area contributed by atoms with Gasteiger partial charge >= 0.3 is 12.5 Å². The fraction of sp³-hybridized carbons (Fsp3) is 0.231. The van der Waals surface area contributed by atoms with Crippen LogP contribution in [0.3, 0.4) is 0 Å². The third kappa shape index (κ3) is 4.73. The van der Waals surface area contributed by atoms with E-state index in [1.54, 1.807) is 0 Å². The Labute approximate surface area is 126 Å². The van der Waals surface area contributed by atoms with Gasteiger partial charge in [0, 0.05) is 18.3 Å². The number of alkyl halides is 6. The monoisotopic (exact) mass is 337 g/mol. The number of para-hydroxylation sites is 1. The third-order valence-corrected chi connectivity index (χ3v) is 2.66. The number of rotatable bonds is 4. The van der Waals surface area contributed by atoms with Gasteiger partial charge in [0.2, 0.25) is 0 Å². The van der Waals surface area contributed by atoms with Crippen LogP contribution in [0.4, 0.5) is 32.2 Å². The predicted molar refractivity (Wildman–Crippen MR) is 67.5 cm³/mol. The van der Waals surface area contributed by atoms with Crippen LogP contribution in [0.2, 0.25) is 0 Å². The Hall–Kier alpha value is -2.52. The van der Waals surface area contributed by atoms with Gasteiger partial charge in [0.05, 0.1) is 0 Å². The van der Waals surface area contributed by atoms with Gasteiger partial charge < -0.3 is 10.1 Å². The van der Waals surface area contributed by atoms with Crippen molar-refractivity contribution in [3.63, 3.8) is 0 Å². The van der Waals surface area contributed by atoms with Gasteiger partial charge in [-0.2, -0.15) is 13.2 Å². The first kappa shape index (κ1) is 16.8.